The summed E-state index contributed by atoms with van der Waals surface area (Å²) >= 11 is 0. The van der Waals surface area contributed by atoms with Gasteiger partial charge in [0.1, 0.15) is 29.1 Å². The lowest BCUT2D eigenvalue weighted by molar-refractivity contribution is -0.140. The number of amides is 1. The van der Waals surface area contributed by atoms with Crippen molar-refractivity contribution in [3.8, 4) is 5.75 Å². The fraction of sp³-hybridized carbons (Fsp3) is 0.391. The molecule has 1 fully saturated rings. The molecule has 1 aliphatic rings. The number of ketones is 1. The SMILES string of the molecule is CCCN1C(=O)C(=O)/C(=C(\O)c2ccc(OC)c(C(C)C)c2)C1c1ccc(C)o1. The maximum absolute atomic E-state index is 12.9. The third-order valence-corrected chi connectivity index (χ3v) is 5.16. The van der Waals surface area contributed by atoms with E-state index in [0.29, 0.717) is 35.8 Å². The first-order valence-corrected chi connectivity index (χ1v) is 9.83. The lowest BCUT2D eigenvalue weighted by Gasteiger charge is -2.22. The topological polar surface area (TPSA) is 80.0 Å². The van der Waals surface area contributed by atoms with Crippen LogP contribution in [0.15, 0.2) is 40.3 Å². The highest BCUT2D eigenvalue weighted by molar-refractivity contribution is 6.46. The van der Waals surface area contributed by atoms with Gasteiger partial charge < -0.3 is 19.2 Å². The molecule has 29 heavy (non-hydrogen) atoms. The number of Topliss-reactive ketones (excluding diaryl/α,β-unsaturated/α-hetero) is 1. The Balaban J connectivity index is 2.19. The van der Waals surface area contributed by atoms with Crippen LogP contribution in [0.5, 0.6) is 5.75 Å². The Morgan fingerprint density at radius 3 is 2.52 bits per heavy atom. The molecule has 1 aromatic heterocycles. The second kappa shape index (κ2) is 8.15. The first-order chi connectivity index (χ1) is 13.8. The van der Waals surface area contributed by atoms with E-state index in [0.717, 1.165) is 5.56 Å². The molecule has 2 aromatic rings. The van der Waals surface area contributed by atoms with E-state index in [1.807, 2.05) is 20.8 Å². The lowest BCUT2D eigenvalue weighted by atomic mass is 9.95. The number of aryl methyl sites for hydroxylation is 1. The number of benzene rings is 1. The standard InChI is InChI=1S/C23H27NO5/c1-6-11-24-20(18-9-7-14(4)29-18)19(22(26)23(24)27)21(25)15-8-10-17(28-5)16(12-15)13(2)3/h7-10,12-13,20,25H,6,11H2,1-5H3/b21-19-. The summed E-state index contributed by atoms with van der Waals surface area (Å²) in [5.74, 6) is 0.486. The highest BCUT2D eigenvalue weighted by Crippen LogP contribution is 2.40. The molecule has 0 bridgehead atoms. The summed E-state index contributed by atoms with van der Waals surface area (Å²) in [6.07, 6.45) is 0.684. The van der Waals surface area contributed by atoms with Crippen molar-refractivity contribution in [1.29, 1.82) is 0 Å². The molecule has 0 saturated carbocycles. The second-order valence-electron chi connectivity index (χ2n) is 7.55. The van der Waals surface area contributed by atoms with Gasteiger partial charge in [0, 0.05) is 12.1 Å². The van der Waals surface area contributed by atoms with Crippen molar-refractivity contribution in [2.75, 3.05) is 13.7 Å². The molecule has 1 amide bonds. The number of hydrogen-bond donors (Lipinski definition) is 1. The van der Waals surface area contributed by atoms with Gasteiger partial charge in [0.2, 0.25) is 0 Å². The van der Waals surface area contributed by atoms with Crippen LogP contribution in [0, 0.1) is 6.92 Å². The van der Waals surface area contributed by atoms with Gasteiger partial charge in [-0.3, -0.25) is 9.59 Å². The van der Waals surface area contributed by atoms with Gasteiger partial charge in [-0.2, -0.15) is 0 Å². The summed E-state index contributed by atoms with van der Waals surface area (Å²) in [4.78, 5) is 27.0. The second-order valence-corrected chi connectivity index (χ2v) is 7.55. The van der Waals surface area contributed by atoms with Crippen LogP contribution in [0.1, 0.15) is 61.8 Å². The number of rotatable bonds is 6. The summed E-state index contributed by atoms with van der Waals surface area (Å²) < 4.78 is 11.1. The van der Waals surface area contributed by atoms with Crippen molar-refractivity contribution in [2.45, 2.75) is 46.1 Å². The molecule has 0 radical (unpaired) electrons. The molecule has 2 heterocycles. The number of ether oxygens (including phenoxy) is 1. The maximum Gasteiger partial charge on any atom is 0.295 e. The van der Waals surface area contributed by atoms with Crippen molar-refractivity contribution >= 4 is 17.4 Å². The van der Waals surface area contributed by atoms with Crippen molar-refractivity contribution < 1.29 is 23.8 Å². The zero-order chi connectivity index (χ0) is 21.3. The largest absolute Gasteiger partial charge is 0.507 e. The summed E-state index contributed by atoms with van der Waals surface area (Å²) in [6, 6.07) is 8.04. The van der Waals surface area contributed by atoms with Crippen LogP contribution in [-0.4, -0.2) is 35.4 Å². The molecule has 1 saturated heterocycles. The van der Waals surface area contributed by atoms with Gasteiger partial charge in [-0.25, -0.2) is 0 Å². The van der Waals surface area contributed by atoms with Gasteiger partial charge in [0.25, 0.3) is 11.7 Å². The van der Waals surface area contributed by atoms with E-state index in [9.17, 15) is 14.7 Å². The van der Waals surface area contributed by atoms with Gasteiger partial charge >= 0.3 is 0 Å². The maximum atomic E-state index is 12.9. The van der Waals surface area contributed by atoms with Crippen LogP contribution in [0.2, 0.25) is 0 Å². The molecule has 1 atom stereocenters. The van der Waals surface area contributed by atoms with E-state index >= 15 is 0 Å². The molecule has 6 nitrogen and oxygen atoms in total. The Bertz CT molecular complexity index is 969. The Kier molecular flexibility index (Phi) is 5.82. The fourth-order valence-corrected chi connectivity index (χ4v) is 3.74. The molecule has 3 rings (SSSR count). The van der Waals surface area contributed by atoms with E-state index in [1.165, 1.54) is 4.90 Å². The van der Waals surface area contributed by atoms with Crippen molar-refractivity contribution in [2.24, 2.45) is 0 Å². The number of likely N-dealkylation sites (tertiary alicyclic amines) is 1. The van der Waals surface area contributed by atoms with Crippen LogP contribution >= 0.6 is 0 Å². The predicted molar refractivity (Wildman–Crippen MR) is 110 cm³/mol. The summed E-state index contributed by atoms with van der Waals surface area (Å²) in [7, 11) is 1.59. The van der Waals surface area contributed by atoms with Crippen molar-refractivity contribution in [3.63, 3.8) is 0 Å². The fourth-order valence-electron chi connectivity index (χ4n) is 3.74. The van der Waals surface area contributed by atoms with E-state index in [4.69, 9.17) is 9.15 Å². The predicted octanol–water partition coefficient (Wildman–Crippen LogP) is 4.55. The van der Waals surface area contributed by atoms with Gasteiger partial charge in [0.05, 0.1) is 12.7 Å². The molecule has 0 spiro atoms. The molecule has 6 heteroatoms. The Hall–Kier alpha value is -3.02. The zero-order valence-corrected chi connectivity index (χ0v) is 17.5. The first kappa shape index (κ1) is 20.7. The molecular weight excluding hydrogens is 370 g/mol. The highest BCUT2D eigenvalue weighted by Gasteiger charge is 2.47. The quantitative estimate of drug-likeness (QED) is 0.439. The number of aliphatic hydroxyl groups is 1. The minimum absolute atomic E-state index is 0.0534. The number of furan rings is 1. The summed E-state index contributed by atoms with van der Waals surface area (Å²) in [5, 5.41) is 11.1. The number of aliphatic hydroxyl groups excluding tert-OH is 1. The Morgan fingerprint density at radius 1 is 1.24 bits per heavy atom. The van der Waals surface area contributed by atoms with Gasteiger partial charge in [-0.1, -0.05) is 20.8 Å². The van der Waals surface area contributed by atoms with Crippen molar-refractivity contribution in [1.82, 2.24) is 4.90 Å². The molecule has 1 aliphatic heterocycles. The number of methoxy groups -OCH3 is 1. The van der Waals surface area contributed by atoms with E-state index in [1.54, 1.807) is 44.4 Å². The van der Waals surface area contributed by atoms with E-state index in [2.05, 4.69) is 0 Å². The van der Waals surface area contributed by atoms with Crippen molar-refractivity contribution in [3.05, 3.63) is 58.6 Å². The Morgan fingerprint density at radius 2 is 1.97 bits per heavy atom. The van der Waals surface area contributed by atoms with E-state index < -0.39 is 17.7 Å². The molecular formula is C23H27NO5. The lowest BCUT2D eigenvalue weighted by Crippen LogP contribution is -2.30. The normalized spacial score (nSPS) is 18.7. The highest BCUT2D eigenvalue weighted by atomic mass is 16.5. The first-order valence-electron chi connectivity index (χ1n) is 9.83. The third-order valence-electron chi connectivity index (χ3n) is 5.16. The number of carbonyl (C=O) groups excluding carboxylic acids is 2. The minimum Gasteiger partial charge on any atom is -0.507 e. The average molecular weight is 397 g/mol. The molecule has 1 unspecified atom stereocenters. The van der Waals surface area contributed by atoms with Crippen LogP contribution in [0.3, 0.4) is 0 Å². The number of nitrogens with zero attached hydrogens (tertiary/aromatic N) is 1. The van der Waals surface area contributed by atoms with Crippen LogP contribution < -0.4 is 4.74 Å². The Labute approximate surface area is 170 Å². The monoisotopic (exact) mass is 397 g/mol. The van der Waals surface area contributed by atoms with Gasteiger partial charge in [0.15, 0.2) is 0 Å². The number of hydrogen-bond acceptors (Lipinski definition) is 5. The molecule has 1 aromatic carbocycles. The average Bonchev–Trinajstić information content (AvgIpc) is 3.23. The zero-order valence-electron chi connectivity index (χ0n) is 17.5. The summed E-state index contributed by atoms with van der Waals surface area (Å²) in [5.41, 5.74) is 1.43. The molecule has 154 valence electrons. The van der Waals surface area contributed by atoms with Crippen LogP contribution in [0.25, 0.3) is 5.76 Å². The molecule has 1 N–H and O–H groups in total. The number of carbonyl (C=O) groups is 2. The smallest absolute Gasteiger partial charge is 0.295 e. The third kappa shape index (κ3) is 3.67. The van der Waals surface area contributed by atoms with Gasteiger partial charge in [-0.05, 0) is 55.2 Å². The molecule has 0 aliphatic carbocycles. The summed E-state index contributed by atoms with van der Waals surface area (Å²) in [6.45, 7) is 8.17. The van der Waals surface area contributed by atoms with Crippen LogP contribution in [-0.2, 0) is 9.59 Å². The minimum atomic E-state index is -0.742. The van der Waals surface area contributed by atoms with Crippen LogP contribution in [0.4, 0.5) is 0 Å². The van der Waals surface area contributed by atoms with E-state index in [-0.39, 0.29) is 17.3 Å². The van der Waals surface area contributed by atoms with Gasteiger partial charge in [-0.15, -0.1) is 0 Å².